The number of likely N-dealkylation sites (N-methyl/N-ethyl adjacent to an activating group) is 1. The van der Waals surface area contributed by atoms with Crippen LogP contribution in [0.15, 0.2) is 46.9 Å². The van der Waals surface area contributed by atoms with Crippen molar-refractivity contribution in [3.05, 3.63) is 42.5 Å². The number of rotatable bonds is 11. The molecule has 2 aromatic heterocycles. The van der Waals surface area contributed by atoms with Crippen LogP contribution in [-0.2, 0) is 11.8 Å². The second-order valence-electron chi connectivity index (χ2n) is 10.4. The van der Waals surface area contributed by atoms with Gasteiger partial charge in [0, 0.05) is 12.6 Å². The van der Waals surface area contributed by atoms with Gasteiger partial charge in [-0.1, -0.05) is 26.0 Å². The van der Waals surface area contributed by atoms with E-state index in [0.717, 1.165) is 103 Å². The first-order chi connectivity index (χ1) is 18.0. The minimum absolute atomic E-state index is 0.687. The fourth-order valence-electron chi connectivity index (χ4n) is 5.50. The molecule has 0 aliphatic carbocycles. The number of benzene rings is 2. The van der Waals surface area contributed by atoms with E-state index in [-0.39, 0.29) is 0 Å². The van der Waals surface area contributed by atoms with Crippen molar-refractivity contribution in [1.29, 1.82) is 0 Å². The Morgan fingerprint density at radius 1 is 1.05 bits per heavy atom. The van der Waals surface area contributed by atoms with Gasteiger partial charge in [0.15, 0.2) is 0 Å². The van der Waals surface area contributed by atoms with Gasteiger partial charge in [0.1, 0.15) is 44.6 Å². The van der Waals surface area contributed by atoms with Crippen molar-refractivity contribution in [3.63, 3.8) is 0 Å². The number of quaternary nitrogens is 1. The summed E-state index contributed by atoms with van der Waals surface area (Å²) in [6.07, 6.45) is 1.08. The quantitative estimate of drug-likeness (QED) is 0.184. The summed E-state index contributed by atoms with van der Waals surface area (Å²) in [7, 11) is 4.42. The van der Waals surface area contributed by atoms with Crippen LogP contribution in [0.4, 0.5) is 5.69 Å². The van der Waals surface area contributed by atoms with Crippen LogP contribution in [0.3, 0.4) is 0 Å². The summed E-state index contributed by atoms with van der Waals surface area (Å²) >= 11 is 0. The van der Waals surface area contributed by atoms with Crippen LogP contribution < -0.4 is 14.6 Å². The standard InChI is InChI=1S/C30H41N4O3/c1-5-33(6-2)15-9-14-31-28-24-10-7-8-11-26(24)32(3)29-25-22-23(12-13-27(25)37-30(28)29)36-21-18-34(4)16-19-35-20-17-34/h7-8,10-13,22H,5-6,9,14-21H2,1-4H3/q+1/p+1. The topological polar surface area (TPSA) is 50.8 Å². The third kappa shape index (κ3) is 5.40. The number of hydrogen-bond donors (Lipinski definition) is 1. The molecule has 37 heavy (non-hydrogen) atoms. The molecule has 0 spiro atoms. The second-order valence-corrected chi connectivity index (χ2v) is 10.4. The lowest BCUT2D eigenvalue weighted by molar-refractivity contribution is -0.916. The summed E-state index contributed by atoms with van der Waals surface area (Å²) in [4.78, 5) is 2.46. The van der Waals surface area contributed by atoms with Crippen LogP contribution in [-0.4, -0.2) is 82.1 Å². The number of pyridine rings is 1. The molecule has 7 heteroatoms. The molecule has 198 valence electrons. The number of anilines is 1. The smallest absolute Gasteiger partial charge is 0.261 e. The van der Waals surface area contributed by atoms with E-state index in [0.29, 0.717) is 6.61 Å². The van der Waals surface area contributed by atoms with E-state index in [4.69, 9.17) is 13.9 Å². The van der Waals surface area contributed by atoms with Crippen molar-refractivity contribution < 1.29 is 22.9 Å². The fourth-order valence-corrected chi connectivity index (χ4v) is 5.50. The van der Waals surface area contributed by atoms with Crippen molar-refractivity contribution >= 4 is 38.7 Å². The molecule has 1 N–H and O–H groups in total. The number of fused-ring (bicyclic) bond motifs is 4. The Morgan fingerprint density at radius 3 is 2.62 bits per heavy atom. The molecule has 3 heterocycles. The molecule has 0 amide bonds. The molecule has 0 atom stereocenters. The van der Waals surface area contributed by atoms with Gasteiger partial charge in [-0.3, -0.25) is 0 Å². The molecule has 0 radical (unpaired) electrons. The summed E-state index contributed by atoms with van der Waals surface area (Å²) < 4.78 is 21.5. The first-order valence-electron chi connectivity index (χ1n) is 13.8. The average molecular weight is 507 g/mol. The molecule has 1 saturated heterocycles. The minimum atomic E-state index is 0.687. The Labute approximate surface area is 220 Å². The number of aromatic nitrogens is 1. The van der Waals surface area contributed by atoms with Crippen molar-refractivity contribution in [2.45, 2.75) is 20.3 Å². The highest BCUT2D eigenvalue weighted by Gasteiger charge is 2.26. The van der Waals surface area contributed by atoms with E-state index in [2.05, 4.69) is 73.1 Å². The molecular formula is C30H42N4O3+2. The van der Waals surface area contributed by atoms with Crippen molar-refractivity contribution in [1.82, 2.24) is 4.90 Å². The van der Waals surface area contributed by atoms with Gasteiger partial charge < -0.3 is 28.6 Å². The molecule has 2 aromatic carbocycles. The highest BCUT2D eigenvalue weighted by Crippen LogP contribution is 2.37. The lowest BCUT2D eigenvalue weighted by Gasteiger charge is -2.37. The Kier molecular flexibility index (Phi) is 7.84. The molecule has 4 aromatic rings. The van der Waals surface area contributed by atoms with E-state index in [1.165, 1.54) is 10.9 Å². The van der Waals surface area contributed by atoms with Gasteiger partial charge in [-0.15, -0.1) is 0 Å². The summed E-state index contributed by atoms with van der Waals surface area (Å²) in [5.41, 5.74) is 5.14. The minimum Gasteiger partial charge on any atom is -0.488 e. The Balaban J connectivity index is 1.44. The monoisotopic (exact) mass is 506 g/mol. The highest BCUT2D eigenvalue weighted by molar-refractivity contribution is 6.11. The number of nitrogens with zero attached hydrogens (tertiary/aromatic N) is 3. The van der Waals surface area contributed by atoms with Crippen LogP contribution in [0.1, 0.15) is 20.3 Å². The van der Waals surface area contributed by atoms with Crippen LogP contribution in [0.25, 0.3) is 33.0 Å². The zero-order valence-electron chi connectivity index (χ0n) is 22.9. The number of hydrogen-bond acceptors (Lipinski definition) is 5. The van der Waals surface area contributed by atoms with E-state index in [1.807, 2.05) is 12.1 Å². The van der Waals surface area contributed by atoms with Crippen LogP contribution in [0, 0.1) is 0 Å². The Hall–Kier alpha value is -2.87. The third-order valence-corrected chi connectivity index (χ3v) is 8.03. The normalized spacial score (nSPS) is 15.7. The first kappa shape index (κ1) is 25.8. The largest absolute Gasteiger partial charge is 0.488 e. The number of para-hydroxylation sites is 1. The number of aryl methyl sites for hydroxylation is 1. The van der Waals surface area contributed by atoms with E-state index in [9.17, 15) is 0 Å². The van der Waals surface area contributed by atoms with E-state index in [1.54, 1.807) is 0 Å². The lowest BCUT2D eigenvalue weighted by atomic mass is 10.1. The highest BCUT2D eigenvalue weighted by atomic mass is 16.5. The van der Waals surface area contributed by atoms with Gasteiger partial charge in [0.2, 0.25) is 11.1 Å². The first-order valence-corrected chi connectivity index (χ1v) is 13.8. The molecule has 1 aliphatic rings. The summed E-state index contributed by atoms with van der Waals surface area (Å²) in [5, 5.41) is 6.00. The molecule has 7 nitrogen and oxygen atoms in total. The van der Waals surface area contributed by atoms with Crippen molar-refractivity contribution in [2.75, 3.05) is 78.0 Å². The zero-order valence-corrected chi connectivity index (χ0v) is 22.9. The van der Waals surface area contributed by atoms with Crippen molar-refractivity contribution in [3.8, 4) is 5.75 Å². The molecule has 1 aliphatic heterocycles. The van der Waals surface area contributed by atoms with Crippen molar-refractivity contribution in [2.24, 2.45) is 7.05 Å². The summed E-state index contributed by atoms with van der Waals surface area (Å²) in [5.74, 6) is 0.886. The van der Waals surface area contributed by atoms with Crippen LogP contribution >= 0.6 is 0 Å². The Morgan fingerprint density at radius 2 is 1.84 bits per heavy atom. The molecule has 5 rings (SSSR count). The van der Waals surface area contributed by atoms with E-state index >= 15 is 0 Å². The summed E-state index contributed by atoms with van der Waals surface area (Å²) in [6, 6.07) is 14.8. The number of morpholine rings is 1. The number of nitrogens with one attached hydrogen (secondary N) is 1. The van der Waals surface area contributed by atoms with Gasteiger partial charge >= 0.3 is 0 Å². The van der Waals surface area contributed by atoms with Gasteiger partial charge in [-0.25, -0.2) is 0 Å². The summed E-state index contributed by atoms with van der Waals surface area (Å²) in [6.45, 7) is 14.0. The third-order valence-electron chi connectivity index (χ3n) is 8.03. The maximum absolute atomic E-state index is 6.50. The lowest BCUT2D eigenvalue weighted by Crippen LogP contribution is -2.53. The van der Waals surface area contributed by atoms with Gasteiger partial charge in [0.25, 0.3) is 5.52 Å². The van der Waals surface area contributed by atoms with E-state index < -0.39 is 0 Å². The predicted octanol–water partition coefficient (Wildman–Crippen LogP) is 4.56. The van der Waals surface area contributed by atoms with Gasteiger partial charge in [-0.05, 0) is 50.3 Å². The maximum Gasteiger partial charge on any atom is 0.261 e. The van der Waals surface area contributed by atoms with Gasteiger partial charge in [0.05, 0.1) is 36.7 Å². The van der Waals surface area contributed by atoms with Gasteiger partial charge in [-0.2, -0.15) is 4.57 Å². The number of ether oxygens (including phenoxy) is 2. The SMILES string of the molecule is CCN(CC)CCCNc1c2ccccc2[n+](C)c2c1oc1ccc(OCC[N+]3(C)CCOCC3)cc12. The molecule has 0 bridgehead atoms. The predicted molar refractivity (Wildman–Crippen MR) is 150 cm³/mol. The molecule has 1 fully saturated rings. The van der Waals surface area contributed by atoms with Crippen LogP contribution in [0.5, 0.6) is 5.75 Å². The maximum atomic E-state index is 6.50. The average Bonchev–Trinajstić information content (AvgIpc) is 3.30. The second kappa shape index (κ2) is 11.3. The zero-order chi connectivity index (χ0) is 25.8. The Bertz CT molecular complexity index is 1360. The number of furan rings is 1. The fraction of sp³-hybridized carbons (Fsp3) is 0.500. The van der Waals surface area contributed by atoms with Crippen LogP contribution in [0.2, 0.25) is 0 Å². The molecular weight excluding hydrogens is 464 g/mol. The molecule has 0 unspecified atom stereocenters. The molecule has 0 saturated carbocycles.